The first-order chi connectivity index (χ1) is 23.2. The molecule has 15 nitrogen and oxygen atoms in total. The van der Waals surface area contributed by atoms with Crippen molar-refractivity contribution >= 4 is 18.0 Å². The first-order valence-electron chi connectivity index (χ1n) is 16.0. The summed E-state index contributed by atoms with van der Waals surface area (Å²) in [4.78, 5) is 40.9. The average Bonchev–Trinajstić information content (AvgIpc) is 3.53. The number of fused-ring (bicyclic) bond motifs is 1. The third kappa shape index (κ3) is 9.56. The number of aromatic nitrogens is 2. The Kier molecular flexibility index (Phi) is 12.3. The number of nitrogens with zero attached hydrogens (tertiary/aromatic N) is 4. The number of carbonyl (C=O) groups is 3. The first kappa shape index (κ1) is 39.4. The zero-order valence-electron chi connectivity index (χ0n) is 29.7. The quantitative estimate of drug-likeness (QED) is 0.217. The molecule has 4 rings (SSSR count). The number of carboxylic acids is 1. The van der Waals surface area contributed by atoms with Crippen LogP contribution in [0.5, 0.6) is 5.75 Å². The molecule has 0 saturated carbocycles. The number of aliphatic carboxylic acids is 1. The minimum atomic E-state index is -1.72. The lowest BCUT2D eigenvalue weighted by molar-refractivity contribution is -0.145. The normalized spacial score (nSPS) is 15.0. The largest absolute Gasteiger partial charge is 0.490 e. The van der Waals surface area contributed by atoms with Gasteiger partial charge in [0.2, 0.25) is 11.7 Å². The molecule has 2 heterocycles. The minimum absolute atomic E-state index is 0.0466. The maximum absolute atomic E-state index is 12.7. The molecule has 2 amide bonds. The summed E-state index contributed by atoms with van der Waals surface area (Å²) in [6, 6.07) is 11.2. The van der Waals surface area contributed by atoms with Gasteiger partial charge in [-0.3, -0.25) is 4.79 Å². The monoisotopic (exact) mass is 694 g/mol. The number of alkyl carbamates (subject to hydrolysis) is 1. The van der Waals surface area contributed by atoms with E-state index < -0.39 is 42.0 Å². The van der Waals surface area contributed by atoms with E-state index in [1.807, 2.05) is 32.9 Å². The van der Waals surface area contributed by atoms with Gasteiger partial charge >= 0.3 is 12.1 Å². The van der Waals surface area contributed by atoms with E-state index in [4.69, 9.17) is 29.9 Å². The summed E-state index contributed by atoms with van der Waals surface area (Å²) < 4.78 is 16.1. The molecule has 0 saturated heterocycles. The number of rotatable bonds is 9. The van der Waals surface area contributed by atoms with Crippen LogP contribution in [0.1, 0.15) is 70.7 Å². The van der Waals surface area contributed by atoms with Gasteiger partial charge in [-0.15, -0.1) is 0 Å². The molecule has 2 atom stereocenters. The van der Waals surface area contributed by atoms with E-state index in [9.17, 15) is 24.8 Å². The fourth-order valence-electron chi connectivity index (χ4n) is 4.93. The molecule has 2 aromatic carbocycles. The Morgan fingerprint density at radius 3 is 2.36 bits per heavy atom. The lowest BCUT2D eigenvalue weighted by atomic mass is 9.90. The molecule has 0 bridgehead atoms. The number of nitrogens with two attached hydrogens (primary N) is 1. The highest BCUT2D eigenvalue weighted by atomic mass is 16.6. The van der Waals surface area contributed by atoms with Gasteiger partial charge in [0.25, 0.3) is 5.89 Å². The Labute approximate surface area is 291 Å². The molecular formula is C35H46N6O9. The summed E-state index contributed by atoms with van der Waals surface area (Å²) in [5.41, 5.74) is 7.30. The number of aliphatic hydroxyl groups excluding tert-OH is 2. The molecule has 0 fully saturated rings. The van der Waals surface area contributed by atoms with Crippen molar-refractivity contribution in [3.05, 3.63) is 52.6 Å². The van der Waals surface area contributed by atoms with Crippen LogP contribution in [0.4, 0.5) is 4.79 Å². The lowest BCUT2D eigenvalue weighted by Crippen LogP contribution is -2.56. The standard InChI is InChI=1S/C26H29N5O4.C9H17NO5/c1-15(2)34-22-8-6-17(11-19(22)12-27)24-29-23(30-35-24)21-7-5-18-13-31(10-9-20(18)16(21)3)25(33)26(4,28)14-32;1-8(2,3)15-7(14)10-9(4,5-11)6(12)13/h5-8,11,15,32H,9-10,13-14,28H2,1-4H3;11H,5H2,1-4H3,(H,10,14)(H,12,13)/t26-;9-/m00/s1. The van der Waals surface area contributed by atoms with Crippen molar-refractivity contribution in [2.75, 3.05) is 19.8 Å². The maximum Gasteiger partial charge on any atom is 0.408 e. The molecule has 0 aliphatic carbocycles. The second-order valence-corrected chi connectivity index (χ2v) is 13.8. The van der Waals surface area contributed by atoms with E-state index in [0.29, 0.717) is 48.1 Å². The molecule has 1 aromatic heterocycles. The van der Waals surface area contributed by atoms with Crippen molar-refractivity contribution < 1.29 is 43.7 Å². The third-order valence-electron chi connectivity index (χ3n) is 7.73. The molecule has 1 aliphatic heterocycles. The van der Waals surface area contributed by atoms with E-state index in [1.54, 1.807) is 43.9 Å². The Bertz CT molecular complexity index is 1760. The summed E-state index contributed by atoms with van der Waals surface area (Å²) in [5, 5.41) is 42.8. The highest BCUT2D eigenvalue weighted by Crippen LogP contribution is 2.32. The Hall–Kier alpha value is -5.04. The van der Waals surface area contributed by atoms with E-state index in [1.165, 1.54) is 13.8 Å². The molecule has 50 heavy (non-hydrogen) atoms. The highest BCUT2D eigenvalue weighted by molar-refractivity contribution is 5.86. The summed E-state index contributed by atoms with van der Waals surface area (Å²) in [6.45, 7) is 13.4. The predicted octanol–water partition coefficient (Wildman–Crippen LogP) is 3.31. The number of hydrogen-bond acceptors (Lipinski definition) is 12. The van der Waals surface area contributed by atoms with Crippen molar-refractivity contribution in [1.29, 1.82) is 5.26 Å². The van der Waals surface area contributed by atoms with Gasteiger partial charge in [-0.05, 0) is 96.7 Å². The summed E-state index contributed by atoms with van der Waals surface area (Å²) >= 11 is 0. The molecule has 0 spiro atoms. The molecule has 15 heteroatoms. The van der Waals surface area contributed by atoms with Crippen molar-refractivity contribution in [3.63, 3.8) is 0 Å². The summed E-state index contributed by atoms with van der Waals surface area (Å²) in [6.07, 6.45) is -0.258. The van der Waals surface area contributed by atoms with E-state index in [2.05, 4.69) is 21.5 Å². The van der Waals surface area contributed by atoms with Crippen LogP contribution in [0.3, 0.4) is 0 Å². The number of carbonyl (C=O) groups excluding carboxylic acids is 2. The Morgan fingerprint density at radius 1 is 1.12 bits per heavy atom. The van der Waals surface area contributed by atoms with Gasteiger partial charge in [-0.1, -0.05) is 17.3 Å². The first-order valence-corrected chi connectivity index (χ1v) is 16.0. The van der Waals surface area contributed by atoms with Crippen molar-refractivity contribution in [1.82, 2.24) is 20.4 Å². The molecule has 0 unspecified atom stereocenters. The van der Waals surface area contributed by atoms with Gasteiger partial charge in [0, 0.05) is 24.2 Å². The van der Waals surface area contributed by atoms with Crippen molar-refractivity contribution in [3.8, 4) is 34.7 Å². The molecular weight excluding hydrogens is 648 g/mol. The predicted molar refractivity (Wildman–Crippen MR) is 182 cm³/mol. The number of nitrogens with one attached hydrogen (secondary N) is 1. The number of carboxylic acid groups (broad SMARTS) is 1. The molecule has 6 N–H and O–H groups in total. The number of hydrogen-bond donors (Lipinski definition) is 5. The van der Waals surface area contributed by atoms with Crippen LogP contribution in [-0.4, -0.2) is 90.9 Å². The van der Waals surface area contributed by atoms with E-state index in [-0.39, 0.29) is 12.0 Å². The topological polar surface area (TPSA) is 234 Å². The van der Waals surface area contributed by atoms with Gasteiger partial charge in [0.15, 0.2) is 5.54 Å². The second kappa shape index (κ2) is 15.7. The van der Waals surface area contributed by atoms with Crippen molar-refractivity contribution in [2.24, 2.45) is 5.73 Å². The second-order valence-electron chi connectivity index (χ2n) is 13.8. The molecule has 1 aliphatic rings. The maximum atomic E-state index is 12.7. The van der Waals surface area contributed by atoms with Crippen LogP contribution >= 0.6 is 0 Å². The van der Waals surface area contributed by atoms with Crippen molar-refractivity contribution in [2.45, 2.75) is 91.1 Å². The number of benzene rings is 2. The fraction of sp³-hybridized carbons (Fsp3) is 0.486. The van der Waals surface area contributed by atoms with Gasteiger partial charge in [0.1, 0.15) is 23.0 Å². The Balaban J connectivity index is 0.000000381. The highest BCUT2D eigenvalue weighted by Gasteiger charge is 2.36. The number of nitriles is 1. The molecule has 270 valence electrons. The van der Waals surface area contributed by atoms with Gasteiger partial charge in [0.05, 0.1) is 24.9 Å². The smallest absolute Gasteiger partial charge is 0.408 e. The zero-order valence-corrected chi connectivity index (χ0v) is 29.7. The van der Waals surface area contributed by atoms with E-state index in [0.717, 1.165) is 22.3 Å². The van der Waals surface area contributed by atoms with Crippen LogP contribution in [0, 0.1) is 18.3 Å². The molecule has 3 aromatic rings. The van der Waals surface area contributed by atoms with Crippen LogP contribution in [0.25, 0.3) is 22.8 Å². The SMILES string of the molecule is CC(C)(C)OC(=O)N[C@@](C)(CO)C(=O)O.Cc1c(-c2noc(-c3ccc(OC(C)C)c(C#N)c3)n2)ccc2c1CCN(C(=O)[C@@](C)(N)CO)C2. The summed E-state index contributed by atoms with van der Waals surface area (Å²) in [7, 11) is 0. The number of amides is 2. The average molecular weight is 695 g/mol. The van der Waals surface area contributed by atoms with E-state index >= 15 is 0 Å². The Morgan fingerprint density at radius 2 is 1.80 bits per heavy atom. The van der Waals surface area contributed by atoms with Crippen LogP contribution in [-0.2, 0) is 27.3 Å². The number of aliphatic hydroxyl groups is 2. The lowest BCUT2D eigenvalue weighted by Gasteiger charge is -2.35. The van der Waals surface area contributed by atoms with Gasteiger partial charge in [-0.25, -0.2) is 9.59 Å². The number of ether oxygens (including phenoxy) is 2. The third-order valence-corrected chi connectivity index (χ3v) is 7.73. The van der Waals surface area contributed by atoms with Crippen LogP contribution < -0.4 is 15.8 Å². The molecule has 0 radical (unpaired) electrons. The zero-order chi connectivity index (χ0) is 37.6. The van der Waals surface area contributed by atoms with Crippen LogP contribution in [0.2, 0.25) is 0 Å². The minimum Gasteiger partial charge on any atom is -0.490 e. The van der Waals surface area contributed by atoms with Gasteiger partial charge < -0.3 is 45.3 Å². The fourth-order valence-corrected chi connectivity index (χ4v) is 4.93. The van der Waals surface area contributed by atoms with Crippen LogP contribution in [0.15, 0.2) is 34.9 Å². The summed E-state index contributed by atoms with van der Waals surface area (Å²) in [5.74, 6) is -0.312. The van der Waals surface area contributed by atoms with Gasteiger partial charge in [-0.2, -0.15) is 10.2 Å².